The largest absolute Gasteiger partial charge is 0.459 e. The van der Waals surface area contributed by atoms with Crippen molar-refractivity contribution in [1.29, 1.82) is 10.5 Å². The summed E-state index contributed by atoms with van der Waals surface area (Å²) >= 11 is 3.05. The van der Waals surface area contributed by atoms with Crippen LogP contribution < -0.4 is 41.8 Å². The number of carbonyl (C=O) groups is 1. The second-order valence-corrected chi connectivity index (χ2v) is 25.3. The lowest BCUT2D eigenvalue weighted by Crippen LogP contribution is -2.47. The van der Waals surface area contributed by atoms with Crippen LogP contribution in [0.3, 0.4) is 0 Å². The summed E-state index contributed by atoms with van der Waals surface area (Å²) in [6.45, 7) is 15.8. The highest BCUT2D eigenvalue weighted by Gasteiger charge is 2.33. The number of nitriles is 2. The first-order valence-corrected chi connectivity index (χ1v) is 32.0. The lowest BCUT2D eigenvalue weighted by atomic mass is 9.88. The Balaban J connectivity index is 0.000000176. The van der Waals surface area contributed by atoms with E-state index in [4.69, 9.17) is 31.4 Å². The predicted octanol–water partition coefficient (Wildman–Crippen LogP) is 13.7. The first-order chi connectivity index (χ1) is 45.4. The van der Waals surface area contributed by atoms with E-state index in [0.29, 0.717) is 67.2 Å². The van der Waals surface area contributed by atoms with Gasteiger partial charge in [0.25, 0.3) is 0 Å². The molecule has 0 aliphatic carbocycles. The zero-order valence-electron chi connectivity index (χ0n) is 53.1. The van der Waals surface area contributed by atoms with E-state index < -0.39 is 6.09 Å². The standard InChI is InChI=1S/C37H35N7O3S.C24H23N3OS.C12H14N4O/c1-24-20-37(2,3)44(31-13-12-27(19-29(24)31)18-28(21-38)34-42-30-6-4-5-7-32(30)48-34)16-17-46-36(45)41-22-25-8-10-26(11-9-25)23-47-35-40-15-14-33(39)43-35;1-16-14-24(2,3)27(10-11-28)21-9-8-17(13-19(16)21)12-18(15-25)23-26-20-6-4-5-7-22(20)29-23;13-7-9-1-3-10(4-2-9)8-17-12-15-6-5-11(14)16-12/h4-15,18-20H,16-17,22-23H2,1-3H3,(H,41,45)(H2,39,40,43);4-9,12-14,28H,10-11H2,1-3H3;1-6H,7-8,13H2,(H2,14,15,16)/b28-18+;18-12+;. The van der Waals surface area contributed by atoms with Crippen LogP contribution in [0.25, 0.3) is 54.9 Å². The van der Waals surface area contributed by atoms with E-state index in [1.165, 1.54) is 28.2 Å². The normalized spacial score (nSPS) is 13.7. The lowest BCUT2D eigenvalue weighted by molar-refractivity contribution is 0.147. The molecule has 4 aromatic heterocycles. The van der Waals surface area contributed by atoms with Gasteiger partial charge in [-0.1, -0.05) is 97.1 Å². The minimum Gasteiger partial charge on any atom is -0.459 e. The molecule has 0 saturated carbocycles. The number of amides is 1. The molecule has 0 saturated heterocycles. The highest BCUT2D eigenvalue weighted by Crippen LogP contribution is 2.42. The average Bonchev–Trinajstić information content (AvgIpc) is 1.02. The quantitative estimate of drug-likeness (QED) is 0.0499. The number of anilines is 4. The number of benzene rings is 6. The van der Waals surface area contributed by atoms with Crippen molar-refractivity contribution in [3.63, 3.8) is 0 Å². The van der Waals surface area contributed by atoms with Gasteiger partial charge < -0.3 is 51.6 Å². The number of nitrogen functional groups attached to an aromatic ring is 2. The molecule has 19 nitrogen and oxygen atoms in total. The van der Waals surface area contributed by atoms with Crippen LogP contribution in [0.5, 0.6) is 12.0 Å². The maximum absolute atomic E-state index is 12.6. The van der Waals surface area contributed by atoms with Gasteiger partial charge in [-0.05, 0) is 159 Å². The van der Waals surface area contributed by atoms with Gasteiger partial charge in [0.15, 0.2) is 0 Å². The van der Waals surface area contributed by atoms with Gasteiger partial charge in [-0.2, -0.15) is 20.5 Å². The fourth-order valence-electron chi connectivity index (χ4n) is 11.0. The predicted molar refractivity (Wildman–Crippen MR) is 377 cm³/mol. The number of allylic oxidation sites excluding steroid dienone is 4. The Bertz CT molecular complexity index is 4500. The molecule has 10 aromatic rings. The van der Waals surface area contributed by atoms with Gasteiger partial charge in [-0.3, -0.25) is 0 Å². The van der Waals surface area contributed by atoms with Gasteiger partial charge in [-0.15, -0.1) is 22.7 Å². The number of alkyl carbamates (subject to hydrolysis) is 1. The van der Waals surface area contributed by atoms with Gasteiger partial charge in [-0.25, -0.2) is 24.7 Å². The molecule has 0 fully saturated rings. The second kappa shape index (κ2) is 30.1. The highest BCUT2D eigenvalue weighted by molar-refractivity contribution is 7.20. The van der Waals surface area contributed by atoms with E-state index >= 15 is 0 Å². The fraction of sp³-hybridized carbons (Fsp3) is 0.219. The smallest absolute Gasteiger partial charge is 0.407 e. The van der Waals surface area contributed by atoms with E-state index in [9.17, 15) is 20.4 Å². The third-order valence-corrected chi connectivity index (χ3v) is 17.7. The molecule has 94 heavy (non-hydrogen) atoms. The summed E-state index contributed by atoms with van der Waals surface area (Å²) in [6.07, 6.45) is 10.9. The summed E-state index contributed by atoms with van der Waals surface area (Å²) < 4.78 is 18.7. The SMILES string of the molecule is CC1=CC(C)(C)N(CCO)c2ccc(/C=C(\C#N)c3nc4ccccc4s3)cc21.CC1=CC(C)(C)N(CCOC(=O)NCc2ccc(COc3nccc(N)n3)cc2)c2ccc(/C=C(\C#N)c3nc4ccccc4s3)cc21.NCc1ccc(COc2nccc(N)n2)cc1. The van der Waals surface area contributed by atoms with Gasteiger partial charge in [0.2, 0.25) is 0 Å². The van der Waals surface area contributed by atoms with Gasteiger partial charge >= 0.3 is 18.1 Å². The number of nitrogens with one attached hydrogen (secondary N) is 1. The van der Waals surface area contributed by atoms with Crippen molar-refractivity contribution >= 4 is 107 Å². The summed E-state index contributed by atoms with van der Waals surface area (Å²) in [6, 6.07) is 52.2. The van der Waals surface area contributed by atoms with E-state index in [1.54, 1.807) is 24.5 Å². The van der Waals surface area contributed by atoms with Crippen LogP contribution in [0.4, 0.5) is 27.8 Å². The number of carbonyl (C=O) groups excluding carboxylic acids is 1. The molecule has 2 aliphatic heterocycles. The Hall–Kier alpha value is -10.8. The van der Waals surface area contributed by atoms with E-state index in [-0.39, 0.29) is 36.3 Å². The summed E-state index contributed by atoms with van der Waals surface area (Å²) in [5.74, 6) is 0.744. The molecule has 6 aromatic carbocycles. The number of aromatic nitrogens is 6. The number of hydrogen-bond donors (Lipinski definition) is 5. The van der Waals surface area contributed by atoms with Crippen LogP contribution in [-0.4, -0.2) is 78.5 Å². The zero-order valence-corrected chi connectivity index (χ0v) is 54.7. The van der Waals surface area contributed by atoms with Crippen molar-refractivity contribution < 1.29 is 24.1 Å². The molecule has 2 aliphatic rings. The number of hydrogen-bond acceptors (Lipinski definition) is 20. The molecule has 1 amide bonds. The Morgan fingerprint density at radius 2 is 1.05 bits per heavy atom. The Morgan fingerprint density at radius 1 is 0.606 bits per heavy atom. The molecule has 0 bridgehead atoms. The van der Waals surface area contributed by atoms with Crippen molar-refractivity contribution in [2.45, 2.75) is 78.9 Å². The second-order valence-electron chi connectivity index (χ2n) is 23.3. The summed E-state index contributed by atoms with van der Waals surface area (Å²) in [4.78, 5) is 42.3. The number of thiazole rings is 2. The topological polar surface area (TPSA) is 286 Å². The van der Waals surface area contributed by atoms with Crippen LogP contribution in [-0.2, 0) is 31.0 Å². The number of β-amino-alcohol motifs (C(OH)–C–C–N with tert-alkyl or cyclic N) is 1. The Labute approximate surface area is 554 Å². The van der Waals surface area contributed by atoms with Crippen molar-refractivity contribution in [2.24, 2.45) is 5.73 Å². The number of aliphatic hydroxyl groups excluding tert-OH is 1. The molecular formula is C73H72N14O5S2. The van der Waals surface area contributed by atoms with Crippen molar-refractivity contribution in [3.05, 3.63) is 225 Å². The molecule has 8 N–H and O–H groups in total. The zero-order chi connectivity index (χ0) is 66.4. The third-order valence-electron chi connectivity index (χ3n) is 15.6. The maximum atomic E-state index is 12.6. The van der Waals surface area contributed by atoms with Crippen LogP contribution in [0.2, 0.25) is 0 Å². The molecule has 0 unspecified atom stereocenters. The average molecular weight is 1290 g/mol. The van der Waals surface area contributed by atoms with Gasteiger partial charge in [0, 0.05) is 54.5 Å². The first kappa shape index (κ1) is 66.1. The number of para-hydroxylation sites is 2. The molecule has 0 atom stereocenters. The molecule has 476 valence electrons. The minimum atomic E-state index is -0.484. The molecule has 12 rings (SSSR count). The number of nitrogens with zero attached hydrogens (tertiary/aromatic N) is 10. The number of rotatable bonds is 18. The van der Waals surface area contributed by atoms with Crippen LogP contribution in [0.1, 0.15) is 96.1 Å². The monoisotopic (exact) mass is 1290 g/mol. The van der Waals surface area contributed by atoms with Gasteiger partial charge in [0.1, 0.15) is 53.6 Å². The van der Waals surface area contributed by atoms with Crippen molar-refractivity contribution in [3.8, 4) is 24.2 Å². The molecule has 6 heterocycles. The summed E-state index contributed by atoms with van der Waals surface area (Å²) in [7, 11) is 0. The minimum absolute atomic E-state index is 0.105. The lowest BCUT2D eigenvalue weighted by Gasteiger charge is -2.43. The maximum Gasteiger partial charge on any atom is 0.407 e. The Morgan fingerprint density at radius 3 is 1.49 bits per heavy atom. The number of fused-ring (bicyclic) bond motifs is 4. The molecule has 0 radical (unpaired) electrons. The highest BCUT2D eigenvalue weighted by atomic mass is 32.1. The molecular weight excluding hydrogens is 1220 g/mol. The third kappa shape index (κ3) is 16.6. The van der Waals surface area contributed by atoms with E-state index in [0.717, 1.165) is 86.9 Å². The van der Waals surface area contributed by atoms with Gasteiger partial charge in [0.05, 0.1) is 55.8 Å². The summed E-state index contributed by atoms with van der Waals surface area (Å²) in [5, 5.41) is 33.5. The van der Waals surface area contributed by atoms with Crippen molar-refractivity contribution in [2.75, 3.05) is 47.6 Å². The fourth-order valence-corrected chi connectivity index (χ4v) is 12.9. The van der Waals surface area contributed by atoms with Crippen LogP contribution >= 0.6 is 22.7 Å². The Kier molecular flexibility index (Phi) is 21.2. The molecule has 0 spiro atoms. The number of aliphatic hydroxyl groups is 1. The number of nitrogens with two attached hydrogens (primary N) is 3. The van der Waals surface area contributed by atoms with E-state index in [2.05, 4.69) is 135 Å². The summed E-state index contributed by atoms with van der Waals surface area (Å²) in [5.41, 5.74) is 31.7. The molecule has 21 heteroatoms. The van der Waals surface area contributed by atoms with E-state index in [1.807, 2.05) is 121 Å². The number of ether oxygens (including phenoxy) is 3. The first-order valence-electron chi connectivity index (χ1n) is 30.4. The van der Waals surface area contributed by atoms with Crippen molar-refractivity contribution in [1.82, 2.24) is 35.2 Å². The van der Waals surface area contributed by atoms with Crippen LogP contribution in [0, 0.1) is 22.7 Å². The van der Waals surface area contributed by atoms with Crippen LogP contribution in [0.15, 0.2) is 170 Å².